The van der Waals surface area contributed by atoms with E-state index in [4.69, 9.17) is 4.98 Å². The molecule has 0 atom stereocenters. The lowest BCUT2D eigenvalue weighted by Gasteiger charge is -2.35. The van der Waals surface area contributed by atoms with Crippen LogP contribution in [0.15, 0.2) is 66.9 Å². The number of rotatable bonds is 2. The van der Waals surface area contributed by atoms with Gasteiger partial charge in [-0.1, -0.05) is 71.0 Å². The lowest BCUT2D eigenvalue weighted by molar-refractivity contribution is 0.225. The van der Waals surface area contributed by atoms with Crippen molar-refractivity contribution in [1.82, 2.24) is 9.38 Å². The SMILES string of the molecule is Cc1c2ccc(CC(C)(C)C)cc2cc2c3nccc4cc(C5CCC(C)(C)CC5)c5c6ccccc6n(c12)c5c43. The Bertz CT molecular complexity index is 2140. The van der Waals surface area contributed by atoms with Crippen molar-refractivity contribution in [2.75, 3.05) is 0 Å². The van der Waals surface area contributed by atoms with Crippen molar-refractivity contribution in [3.8, 4) is 0 Å². The van der Waals surface area contributed by atoms with E-state index in [-0.39, 0.29) is 5.41 Å². The normalized spacial score (nSPS) is 16.8. The Labute approximate surface area is 242 Å². The minimum Gasteiger partial charge on any atom is -0.308 e. The maximum atomic E-state index is 5.11. The van der Waals surface area contributed by atoms with E-state index in [1.165, 1.54) is 91.1 Å². The molecule has 0 radical (unpaired) electrons. The lowest BCUT2D eigenvalue weighted by atomic mass is 9.70. The maximum absolute atomic E-state index is 5.11. The molecule has 0 amide bonds. The second kappa shape index (κ2) is 8.44. The summed E-state index contributed by atoms with van der Waals surface area (Å²) in [6.45, 7) is 14.2. The fraction of sp³-hybridized carbons (Fsp3) is 0.359. The third-order valence-electron chi connectivity index (χ3n) is 10.1. The third-order valence-corrected chi connectivity index (χ3v) is 10.1. The van der Waals surface area contributed by atoms with E-state index in [0.717, 1.165) is 11.9 Å². The van der Waals surface area contributed by atoms with Gasteiger partial charge >= 0.3 is 0 Å². The quantitative estimate of drug-likeness (QED) is 0.159. The van der Waals surface area contributed by atoms with Gasteiger partial charge in [0.25, 0.3) is 0 Å². The van der Waals surface area contributed by atoms with Gasteiger partial charge in [0.1, 0.15) is 0 Å². The average Bonchev–Trinajstić information content (AvgIpc) is 3.27. The highest BCUT2D eigenvalue weighted by atomic mass is 14.9. The Morgan fingerprint density at radius 2 is 1.61 bits per heavy atom. The van der Waals surface area contributed by atoms with Crippen molar-refractivity contribution in [3.05, 3.63) is 83.6 Å². The molecular weight excluding hydrogens is 496 g/mol. The molecule has 0 saturated heterocycles. The van der Waals surface area contributed by atoms with Gasteiger partial charge in [0.2, 0.25) is 0 Å². The van der Waals surface area contributed by atoms with Crippen LogP contribution in [0.25, 0.3) is 59.8 Å². The highest BCUT2D eigenvalue weighted by molar-refractivity contribution is 6.29. The number of nitrogens with zero attached hydrogens (tertiary/aromatic N) is 2. The van der Waals surface area contributed by atoms with Gasteiger partial charge < -0.3 is 4.40 Å². The number of fused-ring (bicyclic) bond motifs is 7. The fourth-order valence-electron chi connectivity index (χ4n) is 8.14. The molecule has 2 heteroatoms. The summed E-state index contributed by atoms with van der Waals surface area (Å²) in [5.74, 6) is 0.601. The van der Waals surface area contributed by atoms with Gasteiger partial charge in [-0.25, -0.2) is 0 Å². The summed E-state index contributed by atoms with van der Waals surface area (Å²) in [5, 5.41) is 9.40. The molecule has 1 aliphatic carbocycles. The summed E-state index contributed by atoms with van der Waals surface area (Å²) < 4.78 is 2.60. The average molecular weight is 537 g/mol. The van der Waals surface area contributed by atoms with Crippen molar-refractivity contribution in [2.24, 2.45) is 10.8 Å². The monoisotopic (exact) mass is 536 g/mol. The van der Waals surface area contributed by atoms with Gasteiger partial charge in [-0.3, -0.25) is 4.98 Å². The van der Waals surface area contributed by atoms with Crippen molar-refractivity contribution in [1.29, 1.82) is 0 Å². The van der Waals surface area contributed by atoms with Gasteiger partial charge in [-0.05, 0) is 113 Å². The fourth-order valence-corrected chi connectivity index (χ4v) is 8.14. The van der Waals surface area contributed by atoms with Crippen LogP contribution < -0.4 is 0 Å². The van der Waals surface area contributed by atoms with Crippen molar-refractivity contribution in [3.63, 3.8) is 0 Å². The molecule has 206 valence electrons. The second-order valence-corrected chi connectivity index (χ2v) is 14.9. The molecule has 7 aromatic rings. The maximum Gasteiger partial charge on any atom is 0.0823 e. The Morgan fingerprint density at radius 1 is 0.829 bits per heavy atom. The highest BCUT2D eigenvalue weighted by Gasteiger charge is 2.31. The van der Waals surface area contributed by atoms with Crippen LogP contribution in [0.4, 0.5) is 0 Å². The molecule has 3 aromatic heterocycles. The van der Waals surface area contributed by atoms with E-state index >= 15 is 0 Å². The zero-order valence-corrected chi connectivity index (χ0v) is 25.4. The summed E-state index contributed by atoms with van der Waals surface area (Å²) in [5.41, 5.74) is 10.1. The van der Waals surface area contributed by atoms with Crippen molar-refractivity contribution >= 4 is 59.8 Å². The summed E-state index contributed by atoms with van der Waals surface area (Å²) in [7, 11) is 0. The molecule has 0 unspecified atom stereocenters. The Balaban J connectivity index is 1.53. The predicted octanol–water partition coefficient (Wildman–Crippen LogP) is 11.1. The molecule has 1 fully saturated rings. The number of hydrogen-bond donors (Lipinski definition) is 0. The molecule has 0 bridgehead atoms. The molecule has 2 nitrogen and oxygen atoms in total. The molecule has 0 spiro atoms. The summed E-state index contributed by atoms with van der Waals surface area (Å²) >= 11 is 0. The van der Waals surface area contributed by atoms with Crippen molar-refractivity contribution < 1.29 is 0 Å². The Morgan fingerprint density at radius 3 is 2.39 bits per heavy atom. The molecule has 0 aliphatic heterocycles. The first-order valence-electron chi connectivity index (χ1n) is 15.5. The van der Waals surface area contributed by atoms with Gasteiger partial charge in [-0.15, -0.1) is 0 Å². The van der Waals surface area contributed by atoms with E-state index in [2.05, 4.69) is 107 Å². The van der Waals surface area contributed by atoms with Crippen LogP contribution in [0.3, 0.4) is 0 Å². The topological polar surface area (TPSA) is 17.3 Å². The minimum atomic E-state index is 0.254. The van der Waals surface area contributed by atoms with E-state index < -0.39 is 0 Å². The van der Waals surface area contributed by atoms with Gasteiger partial charge in [0.05, 0.1) is 22.1 Å². The van der Waals surface area contributed by atoms with Crippen LogP contribution >= 0.6 is 0 Å². The Kier molecular flexibility index (Phi) is 5.17. The molecule has 1 aliphatic rings. The lowest BCUT2D eigenvalue weighted by Crippen LogP contribution is -2.20. The molecule has 4 aromatic carbocycles. The van der Waals surface area contributed by atoms with Crippen LogP contribution in [0.1, 0.15) is 82.9 Å². The largest absolute Gasteiger partial charge is 0.308 e. The molecule has 0 N–H and O–H groups in total. The highest BCUT2D eigenvalue weighted by Crippen LogP contribution is 2.49. The first-order chi connectivity index (χ1) is 19.6. The molecule has 8 rings (SSSR count). The van der Waals surface area contributed by atoms with Crippen LogP contribution in [-0.2, 0) is 6.42 Å². The summed E-state index contributed by atoms with van der Waals surface area (Å²) in [6, 6.07) is 23.4. The van der Waals surface area contributed by atoms with E-state index in [9.17, 15) is 0 Å². The van der Waals surface area contributed by atoms with E-state index in [1.807, 2.05) is 6.20 Å². The van der Waals surface area contributed by atoms with Crippen LogP contribution in [0.5, 0.6) is 0 Å². The number of aryl methyl sites for hydroxylation is 1. The second-order valence-electron chi connectivity index (χ2n) is 14.9. The summed E-state index contributed by atoms with van der Waals surface area (Å²) in [4.78, 5) is 5.11. The molecular formula is C39H40N2. The standard InChI is InChI=1S/C39H40N2/c1-23-28-12-11-24(22-38(2,3)4)19-27(28)21-31-35-33-26(15-18-40-35)20-30(25-13-16-39(5,6)17-14-25)34-29-9-7-8-10-32(29)41(36(23)31)37(33)34/h7-12,15,18-21,25H,13-14,16-17,22H2,1-6H3. The number of benzene rings is 4. The van der Waals surface area contributed by atoms with E-state index in [0.29, 0.717) is 11.3 Å². The minimum absolute atomic E-state index is 0.254. The van der Waals surface area contributed by atoms with E-state index in [1.54, 1.807) is 5.56 Å². The number of para-hydroxylation sites is 1. The van der Waals surface area contributed by atoms with Crippen molar-refractivity contribution in [2.45, 2.75) is 79.6 Å². The van der Waals surface area contributed by atoms with Crippen LogP contribution in [0.2, 0.25) is 0 Å². The van der Waals surface area contributed by atoms with Gasteiger partial charge in [0.15, 0.2) is 0 Å². The number of hydrogen-bond acceptors (Lipinski definition) is 1. The molecule has 41 heavy (non-hydrogen) atoms. The first kappa shape index (κ1) is 25.1. The van der Waals surface area contributed by atoms with Crippen LogP contribution in [-0.4, -0.2) is 9.38 Å². The predicted molar refractivity (Wildman–Crippen MR) is 177 cm³/mol. The number of pyridine rings is 2. The Hall–Kier alpha value is -3.65. The summed E-state index contributed by atoms with van der Waals surface area (Å²) in [6.07, 6.45) is 8.23. The van der Waals surface area contributed by atoms with Crippen LogP contribution in [0, 0.1) is 17.8 Å². The zero-order valence-electron chi connectivity index (χ0n) is 25.4. The first-order valence-corrected chi connectivity index (χ1v) is 15.5. The molecule has 3 heterocycles. The smallest absolute Gasteiger partial charge is 0.0823 e. The zero-order chi connectivity index (χ0) is 28.3. The number of aromatic nitrogens is 2. The van der Waals surface area contributed by atoms with Gasteiger partial charge in [-0.2, -0.15) is 0 Å². The van der Waals surface area contributed by atoms with Gasteiger partial charge in [0, 0.05) is 27.7 Å². The third kappa shape index (κ3) is 3.72. The molecule has 1 saturated carbocycles.